The molecule has 2 heterocycles. The van der Waals surface area contributed by atoms with Crippen LogP contribution in [0.5, 0.6) is 0 Å². The average molecular weight is 360 g/mol. The van der Waals surface area contributed by atoms with Gasteiger partial charge in [-0.3, -0.25) is 9.59 Å². The van der Waals surface area contributed by atoms with Gasteiger partial charge in [-0.1, -0.05) is 0 Å². The number of aromatic nitrogens is 2. The zero-order chi connectivity index (χ0) is 18.6. The third-order valence-corrected chi connectivity index (χ3v) is 3.92. The van der Waals surface area contributed by atoms with Crippen molar-refractivity contribution in [3.8, 4) is 0 Å². The summed E-state index contributed by atoms with van der Waals surface area (Å²) in [7, 11) is 1.24. The summed E-state index contributed by atoms with van der Waals surface area (Å²) in [5, 5.41) is 0. The van der Waals surface area contributed by atoms with E-state index in [0.29, 0.717) is 6.54 Å². The molecule has 0 spiro atoms. The minimum Gasteiger partial charge on any atom is -0.468 e. The lowest BCUT2D eigenvalue weighted by molar-refractivity contribution is -0.148. The molecule has 0 aliphatic carbocycles. The van der Waals surface area contributed by atoms with E-state index in [0.717, 1.165) is 0 Å². The van der Waals surface area contributed by atoms with E-state index in [9.17, 15) is 22.8 Å². The van der Waals surface area contributed by atoms with E-state index in [2.05, 4.69) is 14.7 Å². The lowest BCUT2D eigenvalue weighted by atomic mass is 10.2. The van der Waals surface area contributed by atoms with Crippen LogP contribution in [-0.4, -0.2) is 65.7 Å². The van der Waals surface area contributed by atoms with Crippen LogP contribution >= 0.6 is 0 Å². The number of carbonyl (C=O) groups is 2. The summed E-state index contributed by atoms with van der Waals surface area (Å²) < 4.78 is 41.6. The van der Waals surface area contributed by atoms with Crippen LogP contribution in [0.15, 0.2) is 12.3 Å². The highest BCUT2D eigenvalue weighted by atomic mass is 19.4. The number of halogens is 3. The fourth-order valence-electron chi connectivity index (χ4n) is 2.51. The first-order chi connectivity index (χ1) is 11.7. The lowest BCUT2D eigenvalue weighted by Gasteiger charge is -2.38. The molecule has 10 heteroatoms. The number of alkyl halides is 3. The first-order valence-corrected chi connectivity index (χ1v) is 7.72. The van der Waals surface area contributed by atoms with Gasteiger partial charge in [0.1, 0.15) is 12.6 Å². The molecule has 0 bridgehead atoms. The van der Waals surface area contributed by atoms with Gasteiger partial charge in [0.05, 0.1) is 7.11 Å². The minimum atomic E-state index is -4.26. The molecule has 1 atom stereocenters. The Morgan fingerprint density at radius 3 is 2.76 bits per heavy atom. The Bertz CT molecular complexity index is 639. The summed E-state index contributed by atoms with van der Waals surface area (Å²) in [5.74, 6) is -0.599. The molecule has 1 aliphatic rings. The number of hydrogen-bond acceptors (Lipinski definition) is 6. The van der Waals surface area contributed by atoms with Crippen molar-refractivity contribution >= 4 is 17.8 Å². The molecule has 1 aliphatic heterocycles. The number of methoxy groups -OCH3 is 1. The van der Waals surface area contributed by atoms with Gasteiger partial charge in [0.25, 0.3) is 0 Å². The Morgan fingerprint density at radius 2 is 2.12 bits per heavy atom. The Kier molecular flexibility index (Phi) is 5.81. The number of carbonyl (C=O) groups excluding carboxylic acids is 2. The highest BCUT2D eigenvalue weighted by Gasteiger charge is 2.34. The van der Waals surface area contributed by atoms with Crippen molar-refractivity contribution < 1.29 is 27.5 Å². The number of anilines is 1. The molecule has 25 heavy (non-hydrogen) atoms. The fraction of sp³-hybridized carbons (Fsp3) is 0.600. The molecule has 0 saturated carbocycles. The monoisotopic (exact) mass is 360 g/mol. The van der Waals surface area contributed by atoms with Crippen LogP contribution in [0, 0.1) is 0 Å². The maximum Gasteiger partial charge on any atom is 0.389 e. The number of hydrogen-bond donors (Lipinski definition) is 0. The number of ether oxygens (including phenoxy) is 1. The van der Waals surface area contributed by atoms with Gasteiger partial charge in [-0.15, -0.1) is 0 Å². The lowest BCUT2D eigenvalue weighted by Crippen LogP contribution is -2.57. The van der Waals surface area contributed by atoms with Crippen LogP contribution < -0.4 is 4.90 Å². The van der Waals surface area contributed by atoms with E-state index < -0.39 is 24.6 Å². The van der Waals surface area contributed by atoms with Gasteiger partial charge < -0.3 is 14.5 Å². The molecule has 1 aromatic heterocycles. The van der Waals surface area contributed by atoms with Crippen molar-refractivity contribution in [1.82, 2.24) is 14.9 Å². The number of amides is 1. The summed E-state index contributed by atoms with van der Waals surface area (Å²) in [6.07, 6.45) is -4.09. The summed E-state index contributed by atoms with van der Waals surface area (Å²) >= 11 is 0. The summed E-state index contributed by atoms with van der Waals surface area (Å²) in [4.78, 5) is 34.9. The summed E-state index contributed by atoms with van der Waals surface area (Å²) in [5.41, 5.74) is 0.263. The van der Waals surface area contributed by atoms with E-state index in [4.69, 9.17) is 0 Å². The van der Waals surface area contributed by atoms with Crippen LogP contribution in [0.4, 0.5) is 19.1 Å². The van der Waals surface area contributed by atoms with Gasteiger partial charge in [0, 0.05) is 31.4 Å². The van der Waals surface area contributed by atoms with Gasteiger partial charge in [-0.25, -0.2) is 9.97 Å². The van der Waals surface area contributed by atoms with Crippen LogP contribution in [0.2, 0.25) is 0 Å². The van der Waals surface area contributed by atoms with E-state index in [1.807, 2.05) is 0 Å². The van der Waals surface area contributed by atoms with E-state index in [-0.39, 0.29) is 37.1 Å². The van der Waals surface area contributed by atoms with E-state index in [1.165, 1.54) is 24.3 Å². The molecule has 0 unspecified atom stereocenters. The van der Waals surface area contributed by atoms with Gasteiger partial charge in [0.2, 0.25) is 11.9 Å². The second-order valence-corrected chi connectivity index (χ2v) is 5.67. The molecule has 138 valence electrons. The quantitative estimate of drug-likeness (QED) is 0.734. The topological polar surface area (TPSA) is 75.6 Å². The SMILES string of the molecule is COC(=O)CN1CCN(c2nccc(CCC(F)(F)F)n2)[C@H](C)C1=O. The summed E-state index contributed by atoms with van der Waals surface area (Å²) in [6.45, 7) is 2.14. The molecule has 0 N–H and O–H groups in total. The molecule has 7 nitrogen and oxygen atoms in total. The van der Waals surface area contributed by atoms with Crippen molar-refractivity contribution in [2.45, 2.75) is 32.0 Å². The molecular formula is C15H19F3N4O3. The molecule has 1 fully saturated rings. The number of rotatable bonds is 5. The first kappa shape index (κ1) is 18.9. The van der Waals surface area contributed by atoms with Crippen LogP contribution in [-0.2, 0) is 20.7 Å². The standard InChI is InChI=1S/C15H19F3N4O3/c1-10-13(24)21(9-12(23)25-2)7-8-22(10)14-19-6-4-11(20-14)3-5-15(16,17)18/h4,6,10H,3,5,7-9H2,1-2H3/t10-/m1/s1. The minimum absolute atomic E-state index is 0.139. The first-order valence-electron chi connectivity index (χ1n) is 7.72. The maximum absolute atomic E-state index is 12.4. The van der Waals surface area contributed by atoms with E-state index in [1.54, 1.807) is 11.8 Å². The van der Waals surface area contributed by atoms with Gasteiger partial charge in [-0.2, -0.15) is 13.2 Å². The molecule has 1 aromatic rings. The van der Waals surface area contributed by atoms with Crippen molar-refractivity contribution in [3.05, 3.63) is 18.0 Å². The maximum atomic E-state index is 12.4. The van der Waals surface area contributed by atoms with E-state index >= 15 is 0 Å². The Balaban J connectivity index is 2.07. The zero-order valence-electron chi connectivity index (χ0n) is 13.9. The number of nitrogens with zero attached hydrogens (tertiary/aromatic N) is 4. The Labute approximate surface area is 142 Å². The third-order valence-electron chi connectivity index (χ3n) is 3.92. The third kappa shape index (κ3) is 5.04. The fourth-order valence-corrected chi connectivity index (χ4v) is 2.51. The van der Waals surface area contributed by atoms with Crippen molar-refractivity contribution in [3.63, 3.8) is 0 Å². The second-order valence-electron chi connectivity index (χ2n) is 5.67. The Hall–Kier alpha value is -2.39. The second kappa shape index (κ2) is 7.66. The smallest absolute Gasteiger partial charge is 0.389 e. The molecule has 0 radical (unpaired) electrons. The van der Waals surface area contributed by atoms with Crippen LogP contribution in [0.25, 0.3) is 0 Å². The van der Waals surface area contributed by atoms with Crippen LogP contribution in [0.1, 0.15) is 19.0 Å². The number of aryl methyl sites for hydroxylation is 1. The van der Waals surface area contributed by atoms with Crippen molar-refractivity contribution in [1.29, 1.82) is 0 Å². The normalized spacial score (nSPS) is 18.4. The van der Waals surface area contributed by atoms with Crippen molar-refractivity contribution in [2.75, 3.05) is 31.6 Å². The van der Waals surface area contributed by atoms with Crippen LogP contribution in [0.3, 0.4) is 0 Å². The van der Waals surface area contributed by atoms with Crippen molar-refractivity contribution in [2.24, 2.45) is 0 Å². The van der Waals surface area contributed by atoms with Gasteiger partial charge in [0.15, 0.2) is 0 Å². The highest BCUT2D eigenvalue weighted by Crippen LogP contribution is 2.23. The number of esters is 1. The molecule has 2 rings (SSSR count). The summed E-state index contributed by atoms with van der Waals surface area (Å²) in [6, 6.07) is 0.797. The largest absolute Gasteiger partial charge is 0.468 e. The average Bonchev–Trinajstić information content (AvgIpc) is 2.57. The van der Waals surface area contributed by atoms with Gasteiger partial charge in [-0.05, 0) is 19.4 Å². The van der Waals surface area contributed by atoms with Gasteiger partial charge >= 0.3 is 12.1 Å². The highest BCUT2D eigenvalue weighted by molar-refractivity contribution is 5.88. The Morgan fingerprint density at radius 1 is 1.40 bits per heavy atom. The predicted octanol–water partition coefficient (Wildman–Crippen LogP) is 1.18. The molecule has 1 amide bonds. The molecule has 0 aromatic carbocycles. The molecule has 1 saturated heterocycles. The number of piperazine rings is 1. The predicted molar refractivity (Wildman–Crippen MR) is 81.8 cm³/mol. The molecular weight excluding hydrogens is 341 g/mol. The zero-order valence-corrected chi connectivity index (χ0v) is 13.9.